The molecule has 3 rings (SSSR count). The molecule has 1 aliphatic rings. The number of amides is 1. The van der Waals surface area contributed by atoms with Crippen molar-refractivity contribution in [3.8, 4) is 0 Å². The van der Waals surface area contributed by atoms with Gasteiger partial charge in [-0.3, -0.25) is 0 Å². The molecule has 2 aromatic rings. The molecule has 0 radical (unpaired) electrons. The van der Waals surface area contributed by atoms with Gasteiger partial charge in [-0.1, -0.05) is 36.9 Å². The Morgan fingerprint density at radius 3 is 1.89 bits per heavy atom. The van der Waals surface area contributed by atoms with Crippen LogP contribution in [0.4, 0.5) is 36.8 Å². The van der Waals surface area contributed by atoms with Gasteiger partial charge in [0.05, 0.1) is 37.1 Å². The van der Waals surface area contributed by atoms with E-state index >= 15 is 0 Å². The van der Waals surface area contributed by atoms with Crippen LogP contribution in [0.5, 0.6) is 0 Å². The quantitative estimate of drug-likeness (QED) is 0.224. The van der Waals surface area contributed by atoms with E-state index in [4.69, 9.17) is 9.47 Å². The fraction of sp³-hybridized carbons (Fsp3) is 0.444. The van der Waals surface area contributed by atoms with Crippen LogP contribution in [0, 0.1) is 0 Å². The first-order chi connectivity index (χ1) is 17.0. The van der Waals surface area contributed by atoms with Crippen molar-refractivity contribution in [2.45, 2.75) is 57.0 Å². The van der Waals surface area contributed by atoms with Crippen LogP contribution in [-0.4, -0.2) is 31.4 Å². The molecule has 1 fully saturated rings. The van der Waals surface area contributed by atoms with Gasteiger partial charge in [0.2, 0.25) is 0 Å². The maximum atomic E-state index is 13.7. The largest absolute Gasteiger partial charge is 0.521 e. The molecule has 0 aliphatic carbocycles. The van der Waals surface area contributed by atoms with Crippen LogP contribution >= 0.6 is 0 Å². The first kappa shape index (κ1) is 28.6. The Morgan fingerprint density at radius 1 is 0.946 bits per heavy atom. The second kappa shape index (κ2) is 10.0. The number of nitrogens with zero attached hydrogens (tertiary/aromatic N) is 1. The second-order valence-corrected chi connectivity index (χ2v) is 10.3. The van der Waals surface area contributed by atoms with Gasteiger partial charge in [-0.2, -0.15) is 35.6 Å². The minimum Gasteiger partial charge on any atom is -0.501 e. The number of hydrogen-bond donors (Lipinski definition) is 0. The number of carbonyl (C=O) groups excluding carboxylic acids is 1. The normalized spacial score (nSPS) is 22.8. The molecule has 1 heterocycles. The Balaban J connectivity index is 2.17. The molecule has 0 unspecified atom stereocenters. The fourth-order valence-electron chi connectivity index (χ4n) is 4.65. The monoisotopic (exact) mass is 530 g/mol. The van der Waals surface area contributed by atoms with E-state index in [1.807, 2.05) is 30.3 Å². The Kier molecular flexibility index (Phi) is 7.75. The van der Waals surface area contributed by atoms with Crippen LogP contribution in [0.15, 0.2) is 61.4 Å². The van der Waals surface area contributed by atoms with Gasteiger partial charge in [0.15, 0.2) is 0 Å². The van der Waals surface area contributed by atoms with Crippen LogP contribution in [0.2, 0.25) is 0 Å². The third-order valence-electron chi connectivity index (χ3n) is 6.62. The molecule has 0 saturated carbocycles. The lowest BCUT2D eigenvalue weighted by molar-refractivity contribution is -0.143. The van der Waals surface area contributed by atoms with Crippen molar-refractivity contribution in [3.63, 3.8) is 0 Å². The minimum absolute atomic E-state index is 0.0607. The Hall–Kier alpha value is -3.01. The molecule has 2 aromatic carbocycles. The van der Waals surface area contributed by atoms with Gasteiger partial charge in [-0.05, 0) is 32.4 Å². The van der Waals surface area contributed by atoms with Crippen molar-refractivity contribution < 1.29 is 40.6 Å². The Morgan fingerprint density at radius 2 is 1.46 bits per heavy atom. The first-order valence-electron chi connectivity index (χ1n) is 11.7. The predicted molar refractivity (Wildman–Crippen MR) is 128 cm³/mol. The second-order valence-electron chi connectivity index (χ2n) is 10.3. The maximum Gasteiger partial charge on any atom is 0.521 e. The van der Waals surface area contributed by atoms with Gasteiger partial charge in [0.1, 0.15) is 11.3 Å². The van der Waals surface area contributed by atoms with Crippen LogP contribution in [0.1, 0.15) is 50.3 Å². The summed E-state index contributed by atoms with van der Waals surface area (Å²) in [6.45, 7) is 8.33. The molecule has 10 heteroatoms. The molecule has 1 saturated heterocycles. The molecule has 0 atom stereocenters. The highest BCUT2D eigenvalue weighted by atomic mass is 19.4. The number of rotatable bonds is 5. The molecule has 1 aliphatic heterocycles. The van der Waals surface area contributed by atoms with Crippen LogP contribution in [0.3, 0.4) is 0 Å². The van der Waals surface area contributed by atoms with Gasteiger partial charge >= 0.3 is 18.4 Å². The zero-order valence-electron chi connectivity index (χ0n) is 20.9. The summed E-state index contributed by atoms with van der Waals surface area (Å²) in [6.07, 6.45) is -9.25. The van der Waals surface area contributed by atoms with Crippen molar-refractivity contribution in [2.24, 2.45) is 0 Å². The summed E-state index contributed by atoms with van der Waals surface area (Å²) in [6, 6.07) is 10.6. The number of alkyl halides is 6. The molecule has 4 nitrogen and oxygen atoms in total. The van der Waals surface area contributed by atoms with Crippen molar-refractivity contribution in [2.75, 3.05) is 19.7 Å². The predicted octanol–water partition coefficient (Wildman–Crippen LogP) is 7.86. The van der Waals surface area contributed by atoms with E-state index < -0.39 is 50.8 Å². The molecule has 0 aromatic heterocycles. The van der Waals surface area contributed by atoms with E-state index in [1.54, 1.807) is 20.8 Å². The van der Waals surface area contributed by atoms with Gasteiger partial charge < -0.3 is 9.47 Å². The summed E-state index contributed by atoms with van der Waals surface area (Å²) in [5.41, 5.74) is -4.13. The van der Waals surface area contributed by atoms with Crippen molar-refractivity contribution in [3.05, 3.63) is 78.1 Å². The summed E-state index contributed by atoms with van der Waals surface area (Å²) >= 11 is 0. The molecule has 0 spiro atoms. The van der Waals surface area contributed by atoms with E-state index in [1.165, 1.54) is 6.26 Å². The number of benzene rings is 2. The summed E-state index contributed by atoms with van der Waals surface area (Å²) < 4.78 is 92.3. The lowest BCUT2D eigenvalue weighted by Crippen LogP contribution is -2.63. The summed E-state index contributed by atoms with van der Waals surface area (Å²) in [5, 5.41) is 0. The topological polar surface area (TPSA) is 35.5 Å². The van der Waals surface area contributed by atoms with Crippen LogP contribution in [-0.2, 0) is 27.2 Å². The average molecular weight is 531 g/mol. The van der Waals surface area contributed by atoms with Gasteiger partial charge in [-0.15, -0.1) is 0 Å². The smallest absolute Gasteiger partial charge is 0.501 e. The van der Waals surface area contributed by atoms with E-state index in [-0.39, 0.29) is 38.6 Å². The number of halogens is 6. The number of likely N-dealkylation sites (tertiary alicyclic amines) is 1. The van der Waals surface area contributed by atoms with Crippen LogP contribution in [0.25, 0.3) is 0 Å². The minimum atomic E-state index is -5.05. The maximum absolute atomic E-state index is 13.7. The summed E-state index contributed by atoms with van der Waals surface area (Å²) in [4.78, 5) is 13.6. The lowest BCUT2D eigenvalue weighted by Gasteiger charge is -2.46. The SMILES string of the molecule is C=COCC1(c2ccccc2)CC[N+](C(=O)OC(C)(C)C)(c2cc(C(F)(F)F)cc(C(F)(F)F)c2)CC1. The van der Waals surface area contributed by atoms with Crippen molar-refractivity contribution in [1.82, 2.24) is 4.48 Å². The third-order valence-corrected chi connectivity index (χ3v) is 6.62. The van der Waals surface area contributed by atoms with E-state index in [2.05, 4.69) is 6.58 Å². The highest BCUT2D eigenvalue weighted by Gasteiger charge is 2.53. The standard InChI is InChI=1S/C27H30F6NO3/c1-5-36-18-25(19-9-7-6-8-10-19)11-13-34(14-12-25,23(35)37-24(2,3)4)22-16-20(26(28,29)30)15-21(17-22)27(31,32)33/h5-10,15-17H,1,11-14,18H2,2-4H3/q+1. The molecule has 37 heavy (non-hydrogen) atoms. The third kappa shape index (κ3) is 6.29. The Bertz CT molecular complexity index is 1080. The molecule has 202 valence electrons. The summed E-state index contributed by atoms with van der Waals surface area (Å²) in [7, 11) is 0. The number of hydrogen-bond acceptors (Lipinski definition) is 3. The zero-order chi connectivity index (χ0) is 27.7. The lowest BCUT2D eigenvalue weighted by atomic mass is 9.72. The zero-order valence-corrected chi connectivity index (χ0v) is 20.9. The van der Waals surface area contributed by atoms with Gasteiger partial charge in [0.25, 0.3) is 0 Å². The Labute approximate surface area is 212 Å². The molecule has 1 amide bonds. The highest BCUT2D eigenvalue weighted by molar-refractivity contribution is 5.83. The number of quaternary nitrogens is 1. The molecule has 0 N–H and O–H groups in total. The van der Waals surface area contributed by atoms with E-state index in [9.17, 15) is 31.1 Å². The number of carbonyl (C=O) groups is 1. The fourth-order valence-corrected chi connectivity index (χ4v) is 4.65. The van der Waals surface area contributed by atoms with Crippen LogP contribution < -0.4 is 4.48 Å². The molecular formula is C27H30F6NO3+. The van der Waals surface area contributed by atoms with E-state index in [0.29, 0.717) is 12.1 Å². The first-order valence-corrected chi connectivity index (χ1v) is 11.7. The highest BCUT2D eigenvalue weighted by Crippen LogP contribution is 2.45. The molecular weight excluding hydrogens is 500 g/mol. The van der Waals surface area contributed by atoms with E-state index in [0.717, 1.165) is 5.56 Å². The van der Waals surface area contributed by atoms with Crippen molar-refractivity contribution >= 4 is 11.8 Å². The average Bonchev–Trinajstić information content (AvgIpc) is 2.81. The van der Waals surface area contributed by atoms with Gasteiger partial charge in [0, 0.05) is 30.4 Å². The van der Waals surface area contributed by atoms with Gasteiger partial charge in [-0.25, -0.2) is 0 Å². The van der Waals surface area contributed by atoms with Crippen molar-refractivity contribution in [1.29, 1.82) is 0 Å². The number of ether oxygens (including phenoxy) is 2. The summed E-state index contributed by atoms with van der Waals surface area (Å²) in [5.74, 6) is 0. The number of piperidine rings is 1. The molecule has 0 bridgehead atoms.